The highest BCUT2D eigenvalue weighted by atomic mass is 35.5. The van der Waals surface area contributed by atoms with Gasteiger partial charge in [0.2, 0.25) is 0 Å². The molecule has 11 heavy (non-hydrogen) atoms. The molecule has 1 aromatic rings. The van der Waals surface area contributed by atoms with E-state index in [2.05, 4.69) is 20.3 Å². The Balaban J connectivity index is 0.000001000. The highest BCUT2D eigenvalue weighted by Crippen LogP contribution is 2.13. The number of anilines is 1. The molecule has 1 rings (SSSR count). The molecule has 1 heterocycles. The molecule has 1 unspecified atom stereocenters. The SMILES string of the molecule is CNC(C)c1nonc1N.Cl. The van der Waals surface area contributed by atoms with Crippen LogP contribution in [0.1, 0.15) is 18.7 Å². The van der Waals surface area contributed by atoms with E-state index in [9.17, 15) is 0 Å². The minimum absolute atomic E-state index is 0. The van der Waals surface area contributed by atoms with Crippen LogP contribution in [0, 0.1) is 0 Å². The van der Waals surface area contributed by atoms with E-state index in [0.29, 0.717) is 11.5 Å². The van der Waals surface area contributed by atoms with Crippen LogP contribution in [0.3, 0.4) is 0 Å². The molecule has 64 valence electrons. The Morgan fingerprint density at radius 1 is 1.55 bits per heavy atom. The second kappa shape index (κ2) is 4.15. The lowest BCUT2D eigenvalue weighted by Crippen LogP contribution is -2.14. The van der Waals surface area contributed by atoms with Crippen LogP contribution in [0.25, 0.3) is 0 Å². The van der Waals surface area contributed by atoms with Crippen LogP contribution in [-0.2, 0) is 0 Å². The van der Waals surface area contributed by atoms with E-state index in [4.69, 9.17) is 5.73 Å². The van der Waals surface area contributed by atoms with E-state index in [1.807, 2.05) is 14.0 Å². The largest absolute Gasteiger partial charge is 0.379 e. The Morgan fingerprint density at radius 3 is 2.55 bits per heavy atom. The maximum absolute atomic E-state index is 5.41. The minimum Gasteiger partial charge on any atom is -0.379 e. The summed E-state index contributed by atoms with van der Waals surface area (Å²) >= 11 is 0. The zero-order chi connectivity index (χ0) is 7.56. The van der Waals surface area contributed by atoms with Gasteiger partial charge in [-0.05, 0) is 19.1 Å². The first-order valence-corrected chi connectivity index (χ1v) is 3.01. The average Bonchev–Trinajstić information content (AvgIpc) is 2.34. The summed E-state index contributed by atoms with van der Waals surface area (Å²) in [4.78, 5) is 0. The topological polar surface area (TPSA) is 77.0 Å². The number of aromatic nitrogens is 2. The van der Waals surface area contributed by atoms with Crippen molar-refractivity contribution in [2.45, 2.75) is 13.0 Å². The van der Waals surface area contributed by atoms with E-state index in [0.717, 1.165) is 0 Å². The molecule has 0 saturated heterocycles. The van der Waals surface area contributed by atoms with Gasteiger partial charge < -0.3 is 11.1 Å². The molecule has 0 saturated carbocycles. The van der Waals surface area contributed by atoms with Crippen molar-refractivity contribution < 1.29 is 4.63 Å². The fourth-order valence-electron chi connectivity index (χ4n) is 0.640. The Labute approximate surface area is 70.7 Å². The quantitative estimate of drug-likeness (QED) is 0.684. The summed E-state index contributed by atoms with van der Waals surface area (Å²) in [5.41, 5.74) is 6.06. The fourth-order valence-corrected chi connectivity index (χ4v) is 0.640. The van der Waals surface area contributed by atoms with E-state index in [-0.39, 0.29) is 18.4 Å². The average molecular weight is 179 g/mol. The molecule has 0 aliphatic rings. The summed E-state index contributed by atoms with van der Waals surface area (Å²) in [5, 5.41) is 10.0. The van der Waals surface area contributed by atoms with Crippen molar-refractivity contribution in [2.75, 3.05) is 12.8 Å². The second-order valence-corrected chi connectivity index (χ2v) is 2.05. The van der Waals surface area contributed by atoms with Crippen LogP contribution >= 0.6 is 12.4 Å². The summed E-state index contributed by atoms with van der Waals surface area (Å²) in [6.07, 6.45) is 0. The van der Waals surface area contributed by atoms with Crippen molar-refractivity contribution in [3.05, 3.63) is 5.69 Å². The number of nitrogen functional groups attached to an aromatic ring is 1. The van der Waals surface area contributed by atoms with Gasteiger partial charge in [0.1, 0.15) is 5.69 Å². The molecule has 1 atom stereocenters. The number of halogens is 1. The fraction of sp³-hybridized carbons (Fsp3) is 0.600. The van der Waals surface area contributed by atoms with Crippen LogP contribution in [-0.4, -0.2) is 17.4 Å². The molecule has 5 nitrogen and oxygen atoms in total. The molecular weight excluding hydrogens is 168 g/mol. The van der Waals surface area contributed by atoms with Gasteiger partial charge in [-0.2, -0.15) is 0 Å². The van der Waals surface area contributed by atoms with Gasteiger partial charge in [-0.25, -0.2) is 4.63 Å². The molecule has 0 bridgehead atoms. The normalized spacial score (nSPS) is 12.2. The first kappa shape index (κ1) is 10.2. The Bertz CT molecular complexity index is 214. The highest BCUT2D eigenvalue weighted by Gasteiger charge is 2.11. The number of nitrogens with one attached hydrogen (secondary N) is 1. The molecule has 6 heteroatoms. The minimum atomic E-state index is 0. The lowest BCUT2D eigenvalue weighted by Gasteiger charge is -2.03. The van der Waals surface area contributed by atoms with Crippen molar-refractivity contribution in [3.63, 3.8) is 0 Å². The van der Waals surface area contributed by atoms with Gasteiger partial charge >= 0.3 is 0 Å². The second-order valence-electron chi connectivity index (χ2n) is 2.05. The summed E-state index contributed by atoms with van der Waals surface area (Å²) < 4.78 is 4.40. The molecule has 0 radical (unpaired) electrons. The van der Waals surface area contributed by atoms with Gasteiger partial charge in [0.25, 0.3) is 0 Å². The summed E-state index contributed by atoms with van der Waals surface area (Å²) in [6, 6.07) is 0.0891. The molecule has 0 fully saturated rings. The number of rotatable bonds is 2. The molecule has 0 spiro atoms. The predicted molar refractivity (Wildman–Crippen MR) is 43.4 cm³/mol. The molecule has 3 N–H and O–H groups in total. The first-order valence-electron chi connectivity index (χ1n) is 3.01. The predicted octanol–water partition coefficient (Wildman–Crippen LogP) is 0.354. The van der Waals surface area contributed by atoms with Crippen LogP contribution in [0.5, 0.6) is 0 Å². The first-order chi connectivity index (χ1) is 4.75. The van der Waals surface area contributed by atoms with Crippen LogP contribution < -0.4 is 11.1 Å². The number of nitrogens with two attached hydrogens (primary N) is 1. The standard InChI is InChI=1S/C5H10N4O.ClH/c1-3(7-2)4-5(6)9-10-8-4;/h3,7H,1-2H3,(H2,6,9);1H. The van der Waals surface area contributed by atoms with E-state index in [1.165, 1.54) is 0 Å². The maximum atomic E-state index is 5.41. The summed E-state index contributed by atoms with van der Waals surface area (Å²) in [5.74, 6) is 0.349. The van der Waals surface area contributed by atoms with Crippen molar-refractivity contribution in [2.24, 2.45) is 0 Å². The summed E-state index contributed by atoms with van der Waals surface area (Å²) in [7, 11) is 1.82. The van der Waals surface area contributed by atoms with Gasteiger partial charge in [-0.3, -0.25) is 0 Å². The monoisotopic (exact) mass is 178 g/mol. The lowest BCUT2D eigenvalue weighted by atomic mass is 10.2. The zero-order valence-electron chi connectivity index (χ0n) is 6.37. The van der Waals surface area contributed by atoms with Gasteiger partial charge in [0.15, 0.2) is 5.82 Å². The van der Waals surface area contributed by atoms with Crippen LogP contribution in [0.15, 0.2) is 4.63 Å². The molecule has 0 aliphatic heterocycles. The maximum Gasteiger partial charge on any atom is 0.193 e. The van der Waals surface area contributed by atoms with Gasteiger partial charge in [0, 0.05) is 0 Å². The Morgan fingerprint density at radius 2 is 2.18 bits per heavy atom. The molecule has 1 aromatic heterocycles. The van der Waals surface area contributed by atoms with E-state index >= 15 is 0 Å². The third-order valence-corrected chi connectivity index (χ3v) is 1.38. The third kappa shape index (κ3) is 2.06. The molecule has 0 aliphatic carbocycles. The van der Waals surface area contributed by atoms with Crippen molar-refractivity contribution in [1.29, 1.82) is 0 Å². The van der Waals surface area contributed by atoms with Gasteiger partial charge in [0.05, 0.1) is 6.04 Å². The molecule has 0 amide bonds. The highest BCUT2D eigenvalue weighted by molar-refractivity contribution is 5.85. The van der Waals surface area contributed by atoms with Crippen molar-refractivity contribution in [1.82, 2.24) is 15.6 Å². The number of nitrogens with zero attached hydrogens (tertiary/aromatic N) is 2. The lowest BCUT2D eigenvalue weighted by molar-refractivity contribution is 0.301. The van der Waals surface area contributed by atoms with Crippen molar-refractivity contribution in [3.8, 4) is 0 Å². The van der Waals surface area contributed by atoms with Crippen LogP contribution in [0.4, 0.5) is 5.82 Å². The summed E-state index contributed by atoms with van der Waals surface area (Å²) in [6.45, 7) is 1.93. The Hall–Kier alpha value is -0.810. The number of hydrogen-bond acceptors (Lipinski definition) is 5. The van der Waals surface area contributed by atoms with E-state index in [1.54, 1.807) is 0 Å². The third-order valence-electron chi connectivity index (χ3n) is 1.38. The molecular formula is C5H11ClN4O. The van der Waals surface area contributed by atoms with E-state index < -0.39 is 0 Å². The smallest absolute Gasteiger partial charge is 0.193 e. The van der Waals surface area contributed by atoms with Crippen molar-refractivity contribution >= 4 is 18.2 Å². The Kier molecular flexibility index (Phi) is 3.84. The van der Waals surface area contributed by atoms with Gasteiger partial charge in [-0.15, -0.1) is 12.4 Å². The zero-order valence-corrected chi connectivity index (χ0v) is 7.18. The number of hydrogen-bond donors (Lipinski definition) is 2. The molecule has 0 aromatic carbocycles. The van der Waals surface area contributed by atoms with Crippen LogP contribution in [0.2, 0.25) is 0 Å². The van der Waals surface area contributed by atoms with Gasteiger partial charge in [-0.1, -0.05) is 5.16 Å².